The Morgan fingerprint density at radius 3 is 2.55 bits per heavy atom. The molecule has 108 valence electrons. The molecular weight excluding hydrogens is 276 g/mol. The number of primary sulfonamides is 1. The predicted molar refractivity (Wildman–Crippen MR) is 77.9 cm³/mol. The number of sulfonamides is 1. The van der Waals surface area contributed by atoms with Gasteiger partial charge in [0.1, 0.15) is 0 Å². The average molecular weight is 294 g/mol. The van der Waals surface area contributed by atoms with Gasteiger partial charge in [-0.2, -0.15) is 5.10 Å². The van der Waals surface area contributed by atoms with Crippen LogP contribution >= 0.6 is 0 Å². The lowest BCUT2D eigenvalue weighted by molar-refractivity contribution is 0.597. The number of H-pyrrole nitrogens is 1. The summed E-state index contributed by atoms with van der Waals surface area (Å²) in [7, 11) is -3.70. The first kappa shape index (κ1) is 14.5. The molecule has 0 aliphatic rings. The molecule has 1 aromatic carbocycles. The van der Waals surface area contributed by atoms with E-state index in [2.05, 4.69) is 15.5 Å². The van der Waals surface area contributed by atoms with Crippen molar-refractivity contribution in [2.75, 3.05) is 5.32 Å². The van der Waals surface area contributed by atoms with Gasteiger partial charge in [0.15, 0.2) is 0 Å². The van der Waals surface area contributed by atoms with Crippen LogP contribution in [0.1, 0.15) is 22.4 Å². The average Bonchev–Trinajstić information content (AvgIpc) is 2.75. The maximum absolute atomic E-state index is 11.5. The highest BCUT2D eigenvalue weighted by molar-refractivity contribution is 7.89. The van der Waals surface area contributed by atoms with E-state index in [1.807, 2.05) is 20.8 Å². The fraction of sp³-hybridized carbons (Fsp3) is 0.308. The highest BCUT2D eigenvalue weighted by Gasteiger charge is 2.12. The van der Waals surface area contributed by atoms with E-state index < -0.39 is 10.0 Å². The number of nitrogens with one attached hydrogen (secondary N) is 2. The normalized spacial score (nSPS) is 11.6. The molecule has 0 fully saturated rings. The fourth-order valence-electron chi connectivity index (χ4n) is 1.92. The van der Waals surface area contributed by atoms with E-state index in [9.17, 15) is 8.42 Å². The summed E-state index contributed by atoms with van der Waals surface area (Å²) < 4.78 is 22.9. The van der Waals surface area contributed by atoms with Crippen LogP contribution in [-0.4, -0.2) is 18.6 Å². The van der Waals surface area contributed by atoms with Crippen LogP contribution in [0.5, 0.6) is 0 Å². The molecule has 0 aliphatic carbocycles. The van der Waals surface area contributed by atoms with Crippen LogP contribution < -0.4 is 10.5 Å². The topological polar surface area (TPSA) is 101 Å². The lowest BCUT2D eigenvalue weighted by atomic mass is 10.1. The predicted octanol–water partition coefficient (Wildman–Crippen LogP) is 1.59. The summed E-state index contributed by atoms with van der Waals surface area (Å²) >= 11 is 0. The minimum absolute atomic E-state index is 0.118. The van der Waals surface area contributed by atoms with Crippen LogP contribution in [0.4, 0.5) is 5.69 Å². The molecule has 1 aromatic heterocycles. The van der Waals surface area contributed by atoms with Crippen LogP contribution in [0.25, 0.3) is 0 Å². The first-order valence-electron chi connectivity index (χ1n) is 6.16. The number of hydrogen-bond donors (Lipinski definition) is 3. The number of nitrogens with zero attached hydrogens (tertiary/aromatic N) is 1. The monoisotopic (exact) mass is 294 g/mol. The van der Waals surface area contributed by atoms with Crippen molar-refractivity contribution in [3.8, 4) is 0 Å². The highest BCUT2D eigenvalue weighted by atomic mass is 32.2. The van der Waals surface area contributed by atoms with Gasteiger partial charge in [-0.05, 0) is 44.0 Å². The standard InChI is InChI=1S/C13H18N4O2S/c1-8-4-12(20(14,18)19)5-13(9(8)2)15-6-11-7-16-17-10(11)3/h4-5,7,15H,6H2,1-3H3,(H,16,17)(H2,14,18,19). The first-order chi connectivity index (χ1) is 9.29. The molecule has 0 saturated carbocycles. The minimum Gasteiger partial charge on any atom is -0.381 e. The van der Waals surface area contributed by atoms with E-state index in [1.54, 1.807) is 18.3 Å². The number of aromatic nitrogens is 2. The third-order valence-electron chi connectivity index (χ3n) is 3.37. The second kappa shape index (κ2) is 5.26. The molecule has 0 radical (unpaired) electrons. The number of benzene rings is 1. The summed E-state index contributed by atoms with van der Waals surface area (Å²) in [5.74, 6) is 0. The van der Waals surface area contributed by atoms with Crippen LogP contribution in [0.15, 0.2) is 23.2 Å². The summed E-state index contributed by atoms with van der Waals surface area (Å²) in [6.07, 6.45) is 1.74. The van der Waals surface area contributed by atoms with Gasteiger partial charge < -0.3 is 5.32 Å². The van der Waals surface area contributed by atoms with E-state index in [4.69, 9.17) is 5.14 Å². The van der Waals surface area contributed by atoms with Crippen LogP contribution in [0.2, 0.25) is 0 Å². The SMILES string of the molecule is Cc1cc(S(N)(=O)=O)cc(NCc2cn[nH]c2C)c1C. The number of hydrogen-bond acceptors (Lipinski definition) is 4. The van der Waals surface area contributed by atoms with Gasteiger partial charge in [-0.15, -0.1) is 0 Å². The van der Waals surface area contributed by atoms with E-state index in [1.165, 1.54) is 0 Å². The molecule has 20 heavy (non-hydrogen) atoms. The van der Waals surface area contributed by atoms with Gasteiger partial charge in [-0.25, -0.2) is 13.6 Å². The molecule has 0 spiro atoms. The van der Waals surface area contributed by atoms with Crippen LogP contribution in [0.3, 0.4) is 0 Å². The number of aromatic amines is 1. The molecule has 0 aliphatic heterocycles. The number of aryl methyl sites for hydroxylation is 2. The van der Waals surface area contributed by atoms with Gasteiger partial charge >= 0.3 is 0 Å². The van der Waals surface area contributed by atoms with Crippen molar-refractivity contribution in [3.05, 3.63) is 40.7 Å². The summed E-state index contributed by atoms with van der Waals surface area (Å²) in [5.41, 5.74) is 4.65. The second-order valence-electron chi connectivity index (χ2n) is 4.83. The molecule has 0 saturated heterocycles. The van der Waals surface area contributed by atoms with E-state index in [0.717, 1.165) is 28.1 Å². The highest BCUT2D eigenvalue weighted by Crippen LogP contribution is 2.24. The molecule has 4 N–H and O–H groups in total. The van der Waals surface area contributed by atoms with E-state index in [0.29, 0.717) is 6.54 Å². The van der Waals surface area contributed by atoms with Crippen LogP contribution in [0, 0.1) is 20.8 Å². The quantitative estimate of drug-likeness (QED) is 0.797. The number of rotatable bonds is 4. The summed E-state index contributed by atoms with van der Waals surface area (Å²) in [5, 5.41) is 15.2. The van der Waals surface area contributed by atoms with Crippen LogP contribution in [-0.2, 0) is 16.6 Å². The molecular formula is C13H18N4O2S. The lowest BCUT2D eigenvalue weighted by Gasteiger charge is -2.13. The Hall–Kier alpha value is -1.86. The molecule has 0 bridgehead atoms. The van der Waals surface area contributed by atoms with E-state index >= 15 is 0 Å². The number of anilines is 1. The van der Waals surface area contributed by atoms with Gasteiger partial charge in [0, 0.05) is 23.5 Å². The molecule has 2 rings (SSSR count). The van der Waals surface area contributed by atoms with Gasteiger partial charge in [-0.1, -0.05) is 0 Å². The molecule has 0 unspecified atom stereocenters. The molecule has 1 heterocycles. The number of nitrogens with two attached hydrogens (primary N) is 1. The van der Waals surface area contributed by atoms with Crippen molar-refractivity contribution in [1.29, 1.82) is 0 Å². The second-order valence-corrected chi connectivity index (χ2v) is 6.39. The Morgan fingerprint density at radius 2 is 2.00 bits per heavy atom. The van der Waals surface area contributed by atoms with Crippen molar-refractivity contribution in [1.82, 2.24) is 10.2 Å². The Bertz CT molecular complexity index is 735. The molecule has 7 heteroatoms. The molecule has 0 atom stereocenters. The smallest absolute Gasteiger partial charge is 0.238 e. The first-order valence-corrected chi connectivity index (χ1v) is 7.70. The maximum atomic E-state index is 11.5. The molecule has 2 aromatic rings. The maximum Gasteiger partial charge on any atom is 0.238 e. The van der Waals surface area contributed by atoms with Gasteiger partial charge in [0.2, 0.25) is 10.0 Å². The van der Waals surface area contributed by atoms with Gasteiger partial charge in [0.05, 0.1) is 11.1 Å². The molecule has 0 amide bonds. The van der Waals surface area contributed by atoms with Crippen molar-refractivity contribution >= 4 is 15.7 Å². The Kier molecular flexibility index (Phi) is 3.82. The van der Waals surface area contributed by atoms with Crippen molar-refractivity contribution in [2.45, 2.75) is 32.2 Å². The van der Waals surface area contributed by atoms with Crippen molar-refractivity contribution in [3.63, 3.8) is 0 Å². The summed E-state index contributed by atoms with van der Waals surface area (Å²) in [6, 6.07) is 3.14. The third-order valence-corrected chi connectivity index (χ3v) is 4.27. The summed E-state index contributed by atoms with van der Waals surface area (Å²) in [6.45, 7) is 6.30. The van der Waals surface area contributed by atoms with Gasteiger partial charge in [0.25, 0.3) is 0 Å². The zero-order chi connectivity index (χ0) is 14.9. The van der Waals surface area contributed by atoms with Crippen molar-refractivity contribution < 1.29 is 8.42 Å². The largest absolute Gasteiger partial charge is 0.381 e. The Balaban J connectivity index is 2.32. The Labute approximate surface area is 118 Å². The molecule has 6 nitrogen and oxygen atoms in total. The zero-order valence-corrected chi connectivity index (χ0v) is 12.5. The van der Waals surface area contributed by atoms with Crippen molar-refractivity contribution in [2.24, 2.45) is 5.14 Å². The fourth-order valence-corrected chi connectivity index (χ4v) is 2.54. The zero-order valence-electron chi connectivity index (χ0n) is 11.7. The van der Waals surface area contributed by atoms with Gasteiger partial charge in [-0.3, -0.25) is 5.10 Å². The lowest BCUT2D eigenvalue weighted by Crippen LogP contribution is -2.13. The Morgan fingerprint density at radius 1 is 1.30 bits per heavy atom. The summed E-state index contributed by atoms with van der Waals surface area (Å²) in [4.78, 5) is 0.118. The third kappa shape index (κ3) is 3.00. The minimum atomic E-state index is -3.70. The van der Waals surface area contributed by atoms with E-state index in [-0.39, 0.29) is 4.90 Å².